The van der Waals surface area contributed by atoms with E-state index in [1.807, 2.05) is 12.1 Å². The maximum atomic E-state index is 12.0. The molecule has 0 bridgehead atoms. The molecule has 0 aliphatic carbocycles. The van der Waals surface area contributed by atoms with Gasteiger partial charge in [-0.2, -0.15) is 0 Å². The molecule has 2 rings (SSSR count). The van der Waals surface area contributed by atoms with Crippen molar-refractivity contribution in [1.29, 1.82) is 0 Å². The number of benzene rings is 2. The zero-order valence-electron chi connectivity index (χ0n) is 15.8. The molecule has 0 atom stereocenters. The van der Waals surface area contributed by atoms with E-state index in [4.69, 9.17) is 9.05 Å². The lowest BCUT2D eigenvalue weighted by Gasteiger charge is -2.20. The van der Waals surface area contributed by atoms with Gasteiger partial charge >= 0.3 is 7.60 Å². The van der Waals surface area contributed by atoms with Crippen molar-refractivity contribution in [2.75, 3.05) is 26.9 Å². The SMILES string of the molecule is COP(=O)(CCCCCCNC(c1ccccc1)c1ccccc1)OC. The summed E-state index contributed by atoms with van der Waals surface area (Å²) in [6, 6.07) is 21.3. The summed E-state index contributed by atoms with van der Waals surface area (Å²) in [4.78, 5) is 0. The Bertz CT molecular complexity index is 616. The largest absolute Gasteiger partial charge is 0.330 e. The minimum Gasteiger partial charge on any atom is -0.312 e. The molecule has 2 aromatic rings. The lowest BCUT2D eigenvalue weighted by Crippen LogP contribution is -2.23. The highest BCUT2D eigenvalue weighted by molar-refractivity contribution is 7.53. The van der Waals surface area contributed by atoms with E-state index in [1.165, 1.54) is 25.3 Å². The van der Waals surface area contributed by atoms with Crippen LogP contribution in [0, 0.1) is 0 Å². The number of hydrogen-bond acceptors (Lipinski definition) is 4. The molecule has 0 aliphatic heterocycles. The molecule has 0 spiro atoms. The van der Waals surface area contributed by atoms with E-state index in [0.717, 1.165) is 32.2 Å². The Morgan fingerprint density at radius 2 is 1.31 bits per heavy atom. The Morgan fingerprint density at radius 3 is 1.81 bits per heavy atom. The summed E-state index contributed by atoms with van der Waals surface area (Å²) in [6.45, 7) is 0.945. The summed E-state index contributed by atoms with van der Waals surface area (Å²) in [6.07, 6.45) is 4.56. The van der Waals surface area contributed by atoms with E-state index >= 15 is 0 Å². The van der Waals surface area contributed by atoms with Crippen LogP contribution < -0.4 is 5.32 Å². The number of hydrogen-bond donors (Lipinski definition) is 1. The van der Waals surface area contributed by atoms with E-state index in [0.29, 0.717) is 6.16 Å². The quantitative estimate of drug-likeness (QED) is 0.398. The van der Waals surface area contributed by atoms with Crippen LogP contribution in [0.4, 0.5) is 0 Å². The number of nitrogens with one attached hydrogen (secondary N) is 1. The zero-order valence-corrected chi connectivity index (χ0v) is 16.7. The van der Waals surface area contributed by atoms with Crippen LogP contribution in [-0.4, -0.2) is 26.9 Å². The molecule has 0 aromatic heterocycles. The van der Waals surface area contributed by atoms with Gasteiger partial charge in [0.05, 0.1) is 12.2 Å². The summed E-state index contributed by atoms with van der Waals surface area (Å²) in [5.41, 5.74) is 2.56. The van der Waals surface area contributed by atoms with E-state index in [-0.39, 0.29) is 6.04 Å². The Kier molecular flexibility index (Phi) is 9.07. The molecule has 0 aliphatic rings. The van der Waals surface area contributed by atoms with Crippen molar-refractivity contribution in [3.8, 4) is 0 Å². The highest BCUT2D eigenvalue weighted by atomic mass is 31.2. The fourth-order valence-electron chi connectivity index (χ4n) is 3.01. The van der Waals surface area contributed by atoms with Gasteiger partial charge in [-0.25, -0.2) is 0 Å². The molecule has 2 aromatic carbocycles. The van der Waals surface area contributed by atoms with Crippen molar-refractivity contribution in [3.63, 3.8) is 0 Å². The Labute approximate surface area is 157 Å². The van der Waals surface area contributed by atoms with Gasteiger partial charge in [0.1, 0.15) is 0 Å². The van der Waals surface area contributed by atoms with Crippen LogP contribution in [0.25, 0.3) is 0 Å². The van der Waals surface area contributed by atoms with Gasteiger partial charge in [-0.05, 0) is 30.5 Å². The summed E-state index contributed by atoms with van der Waals surface area (Å²) in [7, 11) is 0.0437. The molecule has 0 fully saturated rings. The van der Waals surface area contributed by atoms with Gasteiger partial charge in [0.2, 0.25) is 0 Å². The van der Waals surface area contributed by atoms with Crippen LogP contribution >= 0.6 is 7.60 Å². The summed E-state index contributed by atoms with van der Waals surface area (Å²) < 4.78 is 21.9. The first-order chi connectivity index (χ1) is 12.7. The standard InChI is InChI=1S/C21H30NO3P/c1-24-26(23,25-2)18-12-4-3-11-17-22-21(19-13-7-5-8-14-19)20-15-9-6-10-16-20/h5-10,13-16,21-22H,3-4,11-12,17-18H2,1-2H3. The molecular weight excluding hydrogens is 345 g/mol. The van der Waals surface area contributed by atoms with Crippen LogP contribution in [0.1, 0.15) is 42.9 Å². The molecule has 0 unspecified atom stereocenters. The predicted octanol–water partition coefficient (Wildman–Crippen LogP) is 5.41. The smallest absolute Gasteiger partial charge is 0.312 e. The van der Waals surface area contributed by atoms with Crippen molar-refractivity contribution < 1.29 is 13.6 Å². The Hall–Kier alpha value is -1.45. The molecular formula is C21H30NO3P. The van der Waals surface area contributed by atoms with Gasteiger partial charge in [0, 0.05) is 14.2 Å². The first-order valence-corrected chi connectivity index (χ1v) is 10.9. The predicted molar refractivity (Wildman–Crippen MR) is 108 cm³/mol. The van der Waals surface area contributed by atoms with Crippen LogP contribution in [-0.2, 0) is 13.6 Å². The fraction of sp³-hybridized carbons (Fsp3) is 0.429. The molecule has 1 N–H and O–H groups in total. The number of rotatable bonds is 12. The molecule has 0 amide bonds. The molecule has 4 nitrogen and oxygen atoms in total. The molecule has 142 valence electrons. The lowest BCUT2D eigenvalue weighted by molar-refractivity contribution is 0.275. The van der Waals surface area contributed by atoms with Gasteiger partial charge in [-0.15, -0.1) is 0 Å². The maximum absolute atomic E-state index is 12.0. The van der Waals surface area contributed by atoms with Crippen molar-refractivity contribution in [3.05, 3.63) is 71.8 Å². The molecule has 0 radical (unpaired) electrons. The highest BCUT2D eigenvalue weighted by Gasteiger charge is 2.19. The van der Waals surface area contributed by atoms with Gasteiger partial charge in [-0.3, -0.25) is 4.57 Å². The summed E-state index contributed by atoms with van der Waals surface area (Å²) in [5, 5.41) is 3.68. The Balaban J connectivity index is 1.77. The summed E-state index contributed by atoms with van der Waals surface area (Å²) in [5.74, 6) is 0. The second-order valence-electron chi connectivity index (χ2n) is 6.32. The van der Waals surface area contributed by atoms with Crippen LogP contribution in [0.5, 0.6) is 0 Å². The van der Waals surface area contributed by atoms with Crippen LogP contribution in [0.2, 0.25) is 0 Å². The summed E-state index contributed by atoms with van der Waals surface area (Å²) >= 11 is 0. The molecule has 26 heavy (non-hydrogen) atoms. The topological polar surface area (TPSA) is 47.6 Å². The van der Waals surface area contributed by atoms with Crippen molar-refractivity contribution in [1.82, 2.24) is 5.32 Å². The van der Waals surface area contributed by atoms with Crippen LogP contribution in [0.3, 0.4) is 0 Å². The van der Waals surface area contributed by atoms with E-state index in [2.05, 4.69) is 53.8 Å². The third-order valence-electron chi connectivity index (χ3n) is 4.53. The first kappa shape index (κ1) is 20.9. The second kappa shape index (κ2) is 11.3. The zero-order chi connectivity index (χ0) is 18.7. The monoisotopic (exact) mass is 375 g/mol. The second-order valence-corrected chi connectivity index (χ2v) is 8.72. The lowest BCUT2D eigenvalue weighted by atomic mass is 9.98. The van der Waals surface area contributed by atoms with E-state index < -0.39 is 7.60 Å². The molecule has 0 saturated carbocycles. The third kappa shape index (κ3) is 6.69. The maximum Gasteiger partial charge on any atom is 0.330 e. The minimum atomic E-state index is -2.85. The molecule has 0 heterocycles. The number of unbranched alkanes of at least 4 members (excludes halogenated alkanes) is 3. The highest BCUT2D eigenvalue weighted by Crippen LogP contribution is 2.47. The third-order valence-corrected chi connectivity index (χ3v) is 6.51. The average Bonchev–Trinajstić information content (AvgIpc) is 2.71. The first-order valence-electron chi connectivity index (χ1n) is 9.22. The van der Waals surface area contributed by atoms with Gasteiger partial charge in [-0.1, -0.05) is 73.5 Å². The van der Waals surface area contributed by atoms with Gasteiger partial charge in [0.25, 0.3) is 0 Å². The van der Waals surface area contributed by atoms with Crippen LogP contribution in [0.15, 0.2) is 60.7 Å². The minimum absolute atomic E-state index is 0.208. The fourth-order valence-corrected chi connectivity index (χ4v) is 4.13. The van der Waals surface area contributed by atoms with Crippen molar-refractivity contribution in [2.24, 2.45) is 0 Å². The van der Waals surface area contributed by atoms with E-state index in [1.54, 1.807) is 0 Å². The van der Waals surface area contributed by atoms with Crippen molar-refractivity contribution >= 4 is 7.60 Å². The van der Waals surface area contributed by atoms with Gasteiger partial charge < -0.3 is 14.4 Å². The normalized spacial score (nSPS) is 11.8. The van der Waals surface area contributed by atoms with Gasteiger partial charge in [0.15, 0.2) is 0 Å². The molecule has 5 heteroatoms. The van der Waals surface area contributed by atoms with Crippen molar-refractivity contribution in [2.45, 2.75) is 31.7 Å². The van der Waals surface area contributed by atoms with E-state index in [9.17, 15) is 4.57 Å². The average molecular weight is 375 g/mol. The Morgan fingerprint density at radius 1 is 0.808 bits per heavy atom. The molecule has 0 saturated heterocycles.